The van der Waals surface area contributed by atoms with E-state index < -0.39 is 0 Å². The molecule has 6 heteroatoms. The van der Waals surface area contributed by atoms with Crippen molar-refractivity contribution in [1.82, 2.24) is 20.2 Å². The van der Waals surface area contributed by atoms with Crippen LogP contribution in [0.15, 0.2) is 30.0 Å². The fraction of sp³-hybridized carbons (Fsp3) is 0.400. The summed E-state index contributed by atoms with van der Waals surface area (Å²) in [7, 11) is 0. The molecule has 2 aromatic heterocycles. The first-order valence-electron chi connectivity index (χ1n) is 7.19. The van der Waals surface area contributed by atoms with E-state index in [1.54, 1.807) is 24.0 Å². The molecule has 2 aromatic rings. The Labute approximate surface area is 128 Å². The maximum absolute atomic E-state index is 12.3. The molecule has 0 unspecified atom stereocenters. The van der Waals surface area contributed by atoms with Crippen LogP contribution in [0.2, 0.25) is 0 Å². The van der Waals surface area contributed by atoms with Crippen LogP contribution in [0.3, 0.4) is 0 Å². The summed E-state index contributed by atoms with van der Waals surface area (Å²) in [6.07, 6.45) is 5.99. The smallest absolute Gasteiger partial charge is 0.253 e. The van der Waals surface area contributed by atoms with Gasteiger partial charge >= 0.3 is 0 Å². The molecule has 0 atom stereocenters. The first kappa shape index (κ1) is 14.2. The van der Waals surface area contributed by atoms with Gasteiger partial charge in [-0.1, -0.05) is 0 Å². The normalized spacial score (nSPS) is 15.2. The van der Waals surface area contributed by atoms with Gasteiger partial charge in [0.05, 0.1) is 21.6 Å². The Kier molecular flexibility index (Phi) is 4.57. The third-order valence-electron chi connectivity index (χ3n) is 3.63. The van der Waals surface area contributed by atoms with Gasteiger partial charge < -0.3 is 10.2 Å². The number of carbonyl (C=O) groups is 1. The minimum Gasteiger partial charge on any atom is -0.351 e. The second-order valence-electron chi connectivity index (χ2n) is 5.07. The van der Waals surface area contributed by atoms with Crippen LogP contribution in [0.1, 0.15) is 23.2 Å². The first-order chi connectivity index (χ1) is 10.3. The van der Waals surface area contributed by atoms with Crippen molar-refractivity contribution in [3.8, 4) is 10.6 Å². The molecule has 1 amide bonds. The standard InChI is InChI=1S/C15H18N4OS/c20-15(18-6-9-19-7-1-2-8-19)12-4-3-5-17-14(12)13-10-16-11-21-13/h3-5,10-11H,1-2,6-9H2,(H,18,20). The molecule has 5 nitrogen and oxygen atoms in total. The van der Waals surface area contributed by atoms with E-state index in [0.29, 0.717) is 17.8 Å². The number of aromatic nitrogens is 2. The van der Waals surface area contributed by atoms with E-state index in [2.05, 4.69) is 20.2 Å². The van der Waals surface area contributed by atoms with Gasteiger partial charge in [-0.25, -0.2) is 0 Å². The molecule has 0 saturated carbocycles. The van der Waals surface area contributed by atoms with Gasteiger partial charge in [0.1, 0.15) is 0 Å². The molecule has 1 fully saturated rings. The summed E-state index contributed by atoms with van der Waals surface area (Å²) >= 11 is 1.49. The average Bonchev–Trinajstić information content (AvgIpc) is 3.20. The average molecular weight is 302 g/mol. The van der Waals surface area contributed by atoms with Gasteiger partial charge in [0, 0.05) is 25.5 Å². The molecule has 0 aliphatic carbocycles. The molecule has 3 rings (SSSR count). The Hall–Kier alpha value is -1.79. The van der Waals surface area contributed by atoms with Gasteiger partial charge in [-0.05, 0) is 38.1 Å². The quantitative estimate of drug-likeness (QED) is 0.918. The SMILES string of the molecule is O=C(NCCN1CCCC1)c1cccnc1-c1cncs1. The summed E-state index contributed by atoms with van der Waals surface area (Å²) in [6, 6.07) is 3.60. The first-order valence-corrected chi connectivity index (χ1v) is 8.07. The topological polar surface area (TPSA) is 58.1 Å². The van der Waals surface area contributed by atoms with Crippen molar-refractivity contribution in [2.45, 2.75) is 12.8 Å². The van der Waals surface area contributed by atoms with Crippen LogP contribution in [0, 0.1) is 0 Å². The van der Waals surface area contributed by atoms with Crippen LogP contribution in [-0.2, 0) is 0 Å². The highest BCUT2D eigenvalue weighted by atomic mass is 32.1. The number of nitrogens with one attached hydrogen (secondary N) is 1. The second kappa shape index (κ2) is 6.78. The van der Waals surface area contributed by atoms with Crippen LogP contribution < -0.4 is 5.32 Å². The van der Waals surface area contributed by atoms with Gasteiger partial charge in [-0.15, -0.1) is 11.3 Å². The van der Waals surface area contributed by atoms with Crippen LogP contribution in [0.25, 0.3) is 10.6 Å². The van der Waals surface area contributed by atoms with E-state index in [9.17, 15) is 4.79 Å². The van der Waals surface area contributed by atoms with Crippen molar-refractivity contribution in [2.75, 3.05) is 26.2 Å². The largest absolute Gasteiger partial charge is 0.351 e. The lowest BCUT2D eigenvalue weighted by atomic mass is 10.1. The molecular weight excluding hydrogens is 284 g/mol. The summed E-state index contributed by atoms with van der Waals surface area (Å²) in [5, 5.41) is 2.99. The summed E-state index contributed by atoms with van der Waals surface area (Å²) < 4.78 is 0. The zero-order valence-electron chi connectivity index (χ0n) is 11.8. The van der Waals surface area contributed by atoms with Crippen molar-refractivity contribution < 1.29 is 4.79 Å². The van der Waals surface area contributed by atoms with E-state index in [0.717, 1.165) is 24.5 Å². The lowest BCUT2D eigenvalue weighted by Crippen LogP contribution is -2.33. The van der Waals surface area contributed by atoms with E-state index in [1.165, 1.54) is 24.2 Å². The molecule has 1 aliphatic heterocycles. The molecular formula is C15H18N4OS. The van der Waals surface area contributed by atoms with E-state index in [4.69, 9.17) is 0 Å². The van der Waals surface area contributed by atoms with Gasteiger partial charge in [0.25, 0.3) is 5.91 Å². The number of nitrogens with zero attached hydrogens (tertiary/aromatic N) is 3. The third-order valence-corrected chi connectivity index (χ3v) is 4.41. The zero-order valence-corrected chi connectivity index (χ0v) is 12.6. The van der Waals surface area contributed by atoms with Gasteiger partial charge in [0.15, 0.2) is 0 Å². The number of thiazole rings is 1. The van der Waals surface area contributed by atoms with Crippen LogP contribution >= 0.6 is 11.3 Å². The van der Waals surface area contributed by atoms with Crippen LogP contribution in [0.5, 0.6) is 0 Å². The third kappa shape index (κ3) is 3.46. The molecule has 0 aromatic carbocycles. The van der Waals surface area contributed by atoms with E-state index in [1.807, 2.05) is 6.07 Å². The number of rotatable bonds is 5. The van der Waals surface area contributed by atoms with Crippen molar-refractivity contribution in [1.29, 1.82) is 0 Å². The number of hydrogen-bond acceptors (Lipinski definition) is 5. The molecule has 0 spiro atoms. The molecule has 1 N–H and O–H groups in total. The van der Waals surface area contributed by atoms with Crippen molar-refractivity contribution in [3.05, 3.63) is 35.6 Å². The monoisotopic (exact) mass is 302 g/mol. The van der Waals surface area contributed by atoms with Gasteiger partial charge in [-0.3, -0.25) is 14.8 Å². The number of likely N-dealkylation sites (tertiary alicyclic amines) is 1. The summed E-state index contributed by atoms with van der Waals surface area (Å²) in [5.41, 5.74) is 3.07. The highest BCUT2D eigenvalue weighted by Gasteiger charge is 2.15. The fourth-order valence-corrected chi connectivity index (χ4v) is 3.18. The Balaban J connectivity index is 1.64. The molecule has 0 bridgehead atoms. The number of pyridine rings is 1. The second-order valence-corrected chi connectivity index (χ2v) is 5.96. The summed E-state index contributed by atoms with van der Waals surface area (Å²) in [6.45, 7) is 3.89. The van der Waals surface area contributed by atoms with Crippen molar-refractivity contribution in [2.24, 2.45) is 0 Å². The van der Waals surface area contributed by atoms with Crippen LogP contribution in [-0.4, -0.2) is 47.0 Å². The highest BCUT2D eigenvalue weighted by molar-refractivity contribution is 7.13. The van der Waals surface area contributed by atoms with Gasteiger partial charge in [0.2, 0.25) is 0 Å². The van der Waals surface area contributed by atoms with Crippen molar-refractivity contribution >= 4 is 17.2 Å². The zero-order chi connectivity index (χ0) is 14.5. The number of carbonyl (C=O) groups excluding carboxylic acids is 1. The molecule has 3 heterocycles. The maximum atomic E-state index is 12.3. The predicted molar refractivity (Wildman–Crippen MR) is 83.4 cm³/mol. The molecule has 0 radical (unpaired) electrons. The Morgan fingerprint density at radius 2 is 2.24 bits per heavy atom. The Bertz CT molecular complexity index is 593. The molecule has 1 saturated heterocycles. The van der Waals surface area contributed by atoms with Crippen molar-refractivity contribution in [3.63, 3.8) is 0 Å². The van der Waals surface area contributed by atoms with Crippen LogP contribution in [0.4, 0.5) is 0 Å². The van der Waals surface area contributed by atoms with E-state index >= 15 is 0 Å². The molecule has 1 aliphatic rings. The Morgan fingerprint density at radius 3 is 3.00 bits per heavy atom. The van der Waals surface area contributed by atoms with Gasteiger partial charge in [-0.2, -0.15) is 0 Å². The molecule has 110 valence electrons. The summed E-state index contributed by atoms with van der Waals surface area (Å²) in [5.74, 6) is -0.0642. The minimum absolute atomic E-state index is 0.0642. The Morgan fingerprint density at radius 1 is 1.38 bits per heavy atom. The lowest BCUT2D eigenvalue weighted by Gasteiger charge is -2.15. The predicted octanol–water partition coefficient (Wildman–Crippen LogP) is 2.03. The van der Waals surface area contributed by atoms with E-state index in [-0.39, 0.29) is 5.91 Å². The fourth-order valence-electron chi connectivity index (χ4n) is 2.55. The lowest BCUT2D eigenvalue weighted by molar-refractivity contribution is 0.0950. The highest BCUT2D eigenvalue weighted by Crippen LogP contribution is 2.24. The minimum atomic E-state index is -0.0642. The molecule has 21 heavy (non-hydrogen) atoms. The maximum Gasteiger partial charge on any atom is 0.253 e. The summed E-state index contributed by atoms with van der Waals surface area (Å²) in [4.78, 5) is 24.0. The number of amides is 1. The number of hydrogen-bond donors (Lipinski definition) is 1.